The molecule has 0 saturated heterocycles. The molecule has 1 aromatic heterocycles. The van der Waals surface area contributed by atoms with E-state index >= 15 is 0 Å². The van der Waals surface area contributed by atoms with Gasteiger partial charge in [0.2, 0.25) is 0 Å². The van der Waals surface area contributed by atoms with Crippen molar-refractivity contribution in [3.8, 4) is 0 Å². The largest absolute Gasteiger partial charge is 0.349 e. The molecule has 1 N–H and O–H groups in total. The highest BCUT2D eigenvalue weighted by atomic mass is 79.9. The van der Waals surface area contributed by atoms with Crippen LogP contribution in [0, 0.1) is 5.82 Å². The lowest BCUT2D eigenvalue weighted by molar-refractivity contribution is 0.0946. The third-order valence-corrected chi connectivity index (χ3v) is 4.75. The lowest BCUT2D eigenvalue weighted by Gasteiger charge is -2.25. The summed E-state index contributed by atoms with van der Waals surface area (Å²) in [5.41, 5.74) is 0.967. The number of rotatable bonds is 5. The molecule has 0 bridgehead atoms. The molecule has 1 amide bonds. The first kappa shape index (κ1) is 16.1. The van der Waals surface area contributed by atoms with Gasteiger partial charge in [0.25, 0.3) is 5.91 Å². The van der Waals surface area contributed by atoms with E-state index in [1.54, 1.807) is 18.2 Å². The molecule has 2 rings (SSSR count). The van der Waals surface area contributed by atoms with Crippen LogP contribution in [0.5, 0.6) is 0 Å². The number of carbonyl (C=O) groups excluding carboxylic acids is 1. The second-order valence-corrected chi connectivity index (χ2v) is 7.31. The minimum absolute atomic E-state index is 0.00190. The molecule has 0 aliphatic carbocycles. The number of thiophene rings is 1. The molecular weight excluding hydrogens is 355 g/mol. The Morgan fingerprint density at radius 3 is 2.48 bits per heavy atom. The normalized spacial score (nSPS) is 12.4. The maximum Gasteiger partial charge on any atom is 0.261 e. The second kappa shape index (κ2) is 7.15. The molecule has 21 heavy (non-hydrogen) atoms. The van der Waals surface area contributed by atoms with Crippen LogP contribution < -0.4 is 5.32 Å². The molecule has 0 aliphatic heterocycles. The van der Waals surface area contributed by atoms with Crippen molar-refractivity contribution < 1.29 is 9.18 Å². The summed E-state index contributed by atoms with van der Waals surface area (Å²) in [6, 6.07) is 9.99. The van der Waals surface area contributed by atoms with E-state index in [0.29, 0.717) is 11.4 Å². The van der Waals surface area contributed by atoms with E-state index in [-0.39, 0.29) is 17.8 Å². The predicted molar refractivity (Wildman–Crippen MR) is 87.2 cm³/mol. The Morgan fingerprint density at radius 1 is 1.29 bits per heavy atom. The first-order valence-corrected chi connectivity index (χ1v) is 8.03. The number of halogens is 2. The van der Waals surface area contributed by atoms with Crippen LogP contribution in [0.4, 0.5) is 4.39 Å². The average Bonchev–Trinajstić information content (AvgIpc) is 2.87. The van der Waals surface area contributed by atoms with Crippen LogP contribution in [0.3, 0.4) is 0 Å². The summed E-state index contributed by atoms with van der Waals surface area (Å²) in [5.74, 6) is -0.358. The SMILES string of the molecule is CN(C)C(CNC(=O)c1ccc(Br)s1)c1ccc(F)cc1. The highest BCUT2D eigenvalue weighted by Crippen LogP contribution is 2.22. The molecule has 2 aromatic rings. The van der Waals surface area contributed by atoms with Gasteiger partial charge in [-0.1, -0.05) is 12.1 Å². The fraction of sp³-hybridized carbons (Fsp3) is 0.267. The van der Waals surface area contributed by atoms with Gasteiger partial charge in [0.15, 0.2) is 0 Å². The van der Waals surface area contributed by atoms with Crippen LogP contribution in [0.2, 0.25) is 0 Å². The van der Waals surface area contributed by atoms with Gasteiger partial charge in [-0.2, -0.15) is 0 Å². The van der Waals surface area contributed by atoms with Gasteiger partial charge in [0.1, 0.15) is 5.82 Å². The zero-order valence-electron chi connectivity index (χ0n) is 11.8. The summed E-state index contributed by atoms with van der Waals surface area (Å²) >= 11 is 4.74. The molecule has 1 aromatic carbocycles. The summed E-state index contributed by atoms with van der Waals surface area (Å²) in [7, 11) is 3.86. The van der Waals surface area contributed by atoms with Crippen LogP contribution >= 0.6 is 27.3 Å². The molecule has 6 heteroatoms. The van der Waals surface area contributed by atoms with E-state index in [1.807, 2.05) is 25.1 Å². The number of benzene rings is 1. The monoisotopic (exact) mass is 370 g/mol. The Kier molecular flexibility index (Phi) is 5.50. The van der Waals surface area contributed by atoms with Crippen molar-refractivity contribution in [1.29, 1.82) is 0 Å². The fourth-order valence-corrected chi connectivity index (χ4v) is 3.30. The number of carbonyl (C=O) groups is 1. The van der Waals surface area contributed by atoms with Crippen LogP contribution in [0.15, 0.2) is 40.2 Å². The lowest BCUT2D eigenvalue weighted by atomic mass is 10.1. The van der Waals surface area contributed by atoms with Crippen LogP contribution in [0.1, 0.15) is 21.3 Å². The fourth-order valence-electron chi connectivity index (χ4n) is 2.00. The highest BCUT2D eigenvalue weighted by Gasteiger charge is 2.16. The Hall–Kier alpha value is -1.24. The van der Waals surface area contributed by atoms with Crippen molar-refractivity contribution in [1.82, 2.24) is 10.2 Å². The van der Waals surface area contributed by atoms with Crippen molar-refractivity contribution >= 4 is 33.2 Å². The Bertz CT molecular complexity index is 612. The molecule has 0 radical (unpaired) electrons. The summed E-state index contributed by atoms with van der Waals surface area (Å²) in [5, 5.41) is 2.92. The third kappa shape index (κ3) is 4.36. The summed E-state index contributed by atoms with van der Waals surface area (Å²) in [4.78, 5) is 14.7. The van der Waals surface area contributed by atoms with E-state index in [1.165, 1.54) is 23.5 Å². The first-order chi connectivity index (χ1) is 9.97. The molecular formula is C15H16BrFN2OS. The maximum atomic E-state index is 13.0. The van der Waals surface area contributed by atoms with E-state index in [4.69, 9.17) is 0 Å². The first-order valence-electron chi connectivity index (χ1n) is 6.43. The topological polar surface area (TPSA) is 32.3 Å². The predicted octanol–water partition coefficient (Wildman–Crippen LogP) is 3.68. The van der Waals surface area contributed by atoms with Gasteiger partial charge in [-0.15, -0.1) is 11.3 Å². The molecule has 0 aliphatic rings. The van der Waals surface area contributed by atoms with Crippen LogP contribution in [-0.2, 0) is 0 Å². The number of hydrogen-bond acceptors (Lipinski definition) is 3. The maximum absolute atomic E-state index is 13.0. The Morgan fingerprint density at radius 2 is 1.95 bits per heavy atom. The summed E-state index contributed by atoms with van der Waals surface area (Å²) in [6.07, 6.45) is 0. The molecule has 0 saturated carbocycles. The van der Waals surface area contributed by atoms with Gasteiger partial charge in [-0.3, -0.25) is 4.79 Å². The van der Waals surface area contributed by atoms with Gasteiger partial charge in [0.05, 0.1) is 14.7 Å². The highest BCUT2D eigenvalue weighted by molar-refractivity contribution is 9.11. The van der Waals surface area contributed by atoms with Gasteiger partial charge in [-0.05, 0) is 59.9 Å². The summed E-state index contributed by atoms with van der Waals surface area (Å²) in [6.45, 7) is 0.465. The van der Waals surface area contributed by atoms with Gasteiger partial charge in [-0.25, -0.2) is 4.39 Å². The zero-order valence-corrected chi connectivity index (χ0v) is 14.2. The number of likely N-dealkylation sites (N-methyl/N-ethyl adjacent to an activating group) is 1. The number of nitrogens with one attached hydrogen (secondary N) is 1. The third-order valence-electron chi connectivity index (χ3n) is 3.13. The molecule has 1 atom stereocenters. The standard InChI is InChI=1S/C15H16BrFN2OS/c1-19(2)12(10-3-5-11(17)6-4-10)9-18-15(20)13-7-8-14(16)21-13/h3-8,12H,9H2,1-2H3,(H,18,20). The quantitative estimate of drug-likeness (QED) is 0.870. The van der Waals surface area contributed by atoms with E-state index in [0.717, 1.165) is 9.35 Å². The van der Waals surface area contributed by atoms with Crippen molar-refractivity contribution in [2.75, 3.05) is 20.6 Å². The van der Waals surface area contributed by atoms with E-state index in [9.17, 15) is 9.18 Å². The molecule has 112 valence electrons. The Balaban J connectivity index is 2.03. The number of amides is 1. The van der Waals surface area contributed by atoms with Crippen molar-refractivity contribution in [3.63, 3.8) is 0 Å². The zero-order chi connectivity index (χ0) is 15.4. The van der Waals surface area contributed by atoms with Crippen molar-refractivity contribution in [2.45, 2.75) is 6.04 Å². The van der Waals surface area contributed by atoms with Gasteiger partial charge < -0.3 is 10.2 Å². The van der Waals surface area contributed by atoms with Gasteiger partial charge in [0, 0.05) is 6.54 Å². The van der Waals surface area contributed by atoms with E-state index < -0.39 is 0 Å². The molecule has 3 nitrogen and oxygen atoms in total. The molecule has 1 unspecified atom stereocenters. The lowest BCUT2D eigenvalue weighted by Crippen LogP contribution is -2.34. The van der Waals surface area contributed by atoms with Crippen LogP contribution in [0.25, 0.3) is 0 Å². The molecule has 0 spiro atoms. The summed E-state index contributed by atoms with van der Waals surface area (Å²) < 4.78 is 13.9. The molecule has 0 fully saturated rings. The molecule has 1 heterocycles. The van der Waals surface area contributed by atoms with Crippen LogP contribution in [-0.4, -0.2) is 31.4 Å². The van der Waals surface area contributed by atoms with E-state index in [2.05, 4.69) is 21.2 Å². The van der Waals surface area contributed by atoms with Crippen molar-refractivity contribution in [2.24, 2.45) is 0 Å². The minimum Gasteiger partial charge on any atom is -0.349 e. The second-order valence-electron chi connectivity index (χ2n) is 4.84. The smallest absolute Gasteiger partial charge is 0.261 e. The Labute approximate surface area is 135 Å². The number of hydrogen-bond donors (Lipinski definition) is 1. The number of nitrogens with zero attached hydrogens (tertiary/aromatic N) is 1. The van der Waals surface area contributed by atoms with Gasteiger partial charge >= 0.3 is 0 Å². The average molecular weight is 371 g/mol. The van der Waals surface area contributed by atoms with Crippen molar-refractivity contribution in [3.05, 3.63) is 56.4 Å². The minimum atomic E-state index is -0.260.